The normalized spacial score (nSPS) is 10.6. The number of nitrogens with one attached hydrogen (secondary N) is 2. The van der Waals surface area contributed by atoms with Crippen LogP contribution < -0.4 is 10.6 Å². The van der Waals surface area contributed by atoms with Gasteiger partial charge in [-0.2, -0.15) is 0 Å². The minimum absolute atomic E-state index is 0.0709. The topological polar surface area (TPSA) is 61.4 Å². The summed E-state index contributed by atoms with van der Waals surface area (Å²) in [7, 11) is 1.70. The predicted molar refractivity (Wildman–Crippen MR) is 102 cm³/mol. The third kappa shape index (κ3) is 6.05. The number of benzene rings is 2. The van der Waals surface area contributed by atoms with Crippen LogP contribution in [0.4, 0.5) is 11.4 Å². The molecule has 0 bridgehead atoms. The Bertz CT molecular complexity index is 781. The lowest BCUT2D eigenvalue weighted by Gasteiger charge is -2.16. The molecule has 0 aromatic heterocycles. The second kappa shape index (κ2) is 8.85. The molecule has 2 aromatic carbocycles. The van der Waals surface area contributed by atoms with E-state index in [1.165, 1.54) is 0 Å². The van der Waals surface area contributed by atoms with Crippen molar-refractivity contribution in [3.63, 3.8) is 0 Å². The number of likely N-dealkylation sites (N-methyl/N-ethyl adjacent to an activating group) is 1. The molecule has 2 N–H and O–H groups in total. The van der Waals surface area contributed by atoms with E-state index in [9.17, 15) is 9.59 Å². The SMILES string of the molecule is Cc1ccccc1NC(=O)CN(C)CC(=O)Nc1ccc(Cl)c(Cl)c1. The molecule has 132 valence electrons. The largest absolute Gasteiger partial charge is 0.325 e. The molecule has 0 atom stereocenters. The first-order valence-corrected chi connectivity index (χ1v) is 8.39. The highest BCUT2D eigenvalue weighted by molar-refractivity contribution is 6.42. The summed E-state index contributed by atoms with van der Waals surface area (Å²) in [6.45, 7) is 2.09. The van der Waals surface area contributed by atoms with Gasteiger partial charge >= 0.3 is 0 Å². The van der Waals surface area contributed by atoms with Crippen molar-refractivity contribution in [3.8, 4) is 0 Å². The van der Waals surface area contributed by atoms with Crippen LogP contribution in [-0.4, -0.2) is 36.9 Å². The fourth-order valence-electron chi connectivity index (χ4n) is 2.22. The van der Waals surface area contributed by atoms with Crippen molar-refractivity contribution < 1.29 is 9.59 Å². The zero-order chi connectivity index (χ0) is 18.4. The Balaban J connectivity index is 1.83. The second-order valence-electron chi connectivity index (χ2n) is 5.71. The van der Waals surface area contributed by atoms with Crippen LogP contribution in [0.5, 0.6) is 0 Å². The van der Waals surface area contributed by atoms with E-state index >= 15 is 0 Å². The number of carbonyl (C=O) groups excluding carboxylic acids is 2. The van der Waals surface area contributed by atoms with Gasteiger partial charge in [-0.1, -0.05) is 41.4 Å². The maximum Gasteiger partial charge on any atom is 0.238 e. The molecule has 5 nitrogen and oxygen atoms in total. The minimum atomic E-state index is -0.246. The van der Waals surface area contributed by atoms with Crippen LogP contribution in [-0.2, 0) is 9.59 Å². The zero-order valence-electron chi connectivity index (χ0n) is 14.0. The third-order valence-corrected chi connectivity index (χ3v) is 4.19. The molecule has 0 saturated carbocycles. The van der Waals surface area contributed by atoms with E-state index in [2.05, 4.69) is 10.6 Å². The van der Waals surface area contributed by atoms with Gasteiger partial charge < -0.3 is 10.6 Å². The average Bonchev–Trinajstić information content (AvgIpc) is 2.52. The summed E-state index contributed by atoms with van der Waals surface area (Å²) in [4.78, 5) is 25.8. The number of hydrogen-bond donors (Lipinski definition) is 2. The molecule has 2 rings (SSSR count). The molecule has 7 heteroatoms. The Morgan fingerprint density at radius 3 is 2.24 bits per heavy atom. The number of rotatable bonds is 6. The summed E-state index contributed by atoms with van der Waals surface area (Å²) >= 11 is 11.8. The van der Waals surface area contributed by atoms with E-state index < -0.39 is 0 Å². The quantitative estimate of drug-likeness (QED) is 0.801. The molecule has 25 heavy (non-hydrogen) atoms. The zero-order valence-corrected chi connectivity index (χ0v) is 15.5. The van der Waals surface area contributed by atoms with E-state index in [-0.39, 0.29) is 24.9 Å². The summed E-state index contributed by atoms with van der Waals surface area (Å²) in [5.41, 5.74) is 2.30. The number of aryl methyl sites for hydroxylation is 1. The van der Waals surface area contributed by atoms with Gasteiger partial charge in [-0.05, 0) is 43.8 Å². The number of nitrogens with zero attached hydrogens (tertiary/aromatic N) is 1. The van der Waals surface area contributed by atoms with Gasteiger partial charge in [-0.3, -0.25) is 14.5 Å². The molecule has 0 spiro atoms. The Labute approximate surface area is 156 Å². The van der Waals surface area contributed by atoms with Crippen molar-refractivity contribution in [2.45, 2.75) is 6.92 Å². The summed E-state index contributed by atoms with van der Waals surface area (Å²) in [5.74, 6) is -0.427. The monoisotopic (exact) mass is 379 g/mol. The van der Waals surface area contributed by atoms with Gasteiger partial charge in [-0.15, -0.1) is 0 Å². The van der Waals surface area contributed by atoms with Crippen LogP contribution in [0, 0.1) is 6.92 Å². The Morgan fingerprint density at radius 1 is 0.960 bits per heavy atom. The van der Waals surface area contributed by atoms with E-state index in [4.69, 9.17) is 23.2 Å². The van der Waals surface area contributed by atoms with Gasteiger partial charge in [0.25, 0.3) is 0 Å². The highest BCUT2D eigenvalue weighted by Crippen LogP contribution is 2.24. The van der Waals surface area contributed by atoms with Gasteiger partial charge in [0, 0.05) is 11.4 Å². The molecule has 0 aliphatic carbocycles. The molecule has 0 unspecified atom stereocenters. The lowest BCUT2D eigenvalue weighted by atomic mass is 10.2. The Hall–Kier alpha value is -2.08. The highest BCUT2D eigenvalue weighted by atomic mass is 35.5. The maximum absolute atomic E-state index is 12.1. The Morgan fingerprint density at radius 2 is 1.60 bits per heavy atom. The summed E-state index contributed by atoms with van der Waals surface area (Å²) in [6.07, 6.45) is 0. The molecular formula is C18H19Cl2N3O2. The first kappa shape index (κ1) is 19.2. The minimum Gasteiger partial charge on any atom is -0.325 e. The highest BCUT2D eigenvalue weighted by Gasteiger charge is 2.12. The van der Waals surface area contributed by atoms with Crippen LogP contribution in [0.2, 0.25) is 10.0 Å². The molecule has 2 amide bonds. The molecule has 0 aliphatic heterocycles. The van der Waals surface area contributed by atoms with Crippen molar-refractivity contribution in [1.29, 1.82) is 0 Å². The number of para-hydroxylation sites is 1. The van der Waals surface area contributed by atoms with Gasteiger partial charge in [-0.25, -0.2) is 0 Å². The van der Waals surface area contributed by atoms with E-state index in [1.54, 1.807) is 30.1 Å². The molecular weight excluding hydrogens is 361 g/mol. The average molecular weight is 380 g/mol. The van der Waals surface area contributed by atoms with Crippen molar-refractivity contribution in [3.05, 3.63) is 58.1 Å². The van der Waals surface area contributed by atoms with Crippen molar-refractivity contribution >= 4 is 46.4 Å². The van der Waals surface area contributed by atoms with Crippen LogP contribution in [0.3, 0.4) is 0 Å². The fourth-order valence-corrected chi connectivity index (χ4v) is 2.52. The number of carbonyl (C=O) groups is 2. The standard InChI is InChI=1S/C18H19Cl2N3O2/c1-12-5-3-4-6-16(12)22-18(25)11-23(2)10-17(24)21-13-7-8-14(19)15(20)9-13/h3-9H,10-11H2,1-2H3,(H,21,24)(H,22,25). The van der Waals surface area contributed by atoms with Crippen LogP contribution in [0.15, 0.2) is 42.5 Å². The van der Waals surface area contributed by atoms with Crippen molar-refractivity contribution in [2.24, 2.45) is 0 Å². The number of amides is 2. The van der Waals surface area contributed by atoms with E-state index in [1.807, 2.05) is 31.2 Å². The van der Waals surface area contributed by atoms with Gasteiger partial charge in [0.05, 0.1) is 23.1 Å². The lowest BCUT2D eigenvalue weighted by molar-refractivity contribution is -0.119. The summed E-state index contributed by atoms with van der Waals surface area (Å²) < 4.78 is 0. The van der Waals surface area contributed by atoms with Crippen molar-refractivity contribution in [1.82, 2.24) is 4.90 Å². The van der Waals surface area contributed by atoms with E-state index in [0.29, 0.717) is 15.7 Å². The smallest absolute Gasteiger partial charge is 0.238 e. The molecule has 2 aromatic rings. The van der Waals surface area contributed by atoms with Crippen LogP contribution >= 0.6 is 23.2 Å². The van der Waals surface area contributed by atoms with Gasteiger partial charge in [0.15, 0.2) is 0 Å². The van der Waals surface area contributed by atoms with Gasteiger partial charge in [0.2, 0.25) is 11.8 Å². The molecule has 0 heterocycles. The maximum atomic E-state index is 12.1. The fraction of sp³-hybridized carbons (Fsp3) is 0.222. The van der Waals surface area contributed by atoms with Crippen LogP contribution in [0.1, 0.15) is 5.56 Å². The number of hydrogen-bond acceptors (Lipinski definition) is 3. The molecule has 0 saturated heterocycles. The van der Waals surface area contributed by atoms with Gasteiger partial charge in [0.1, 0.15) is 0 Å². The van der Waals surface area contributed by atoms with Crippen molar-refractivity contribution in [2.75, 3.05) is 30.8 Å². The Kier molecular flexibility index (Phi) is 6.82. The lowest BCUT2D eigenvalue weighted by Crippen LogP contribution is -2.36. The first-order chi connectivity index (χ1) is 11.8. The molecule has 0 aliphatic rings. The summed E-state index contributed by atoms with van der Waals surface area (Å²) in [6, 6.07) is 12.4. The number of halogens is 2. The molecule has 0 radical (unpaired) electrons. The molecule has 0 fully saturated rings. The van der Waals surface area contributed by atoms with E-state index in [0.717, 1.165) is 11.3 Å². The summed E-state index contributed by atoms with van der Waals surface area (Å²) in [5, 5.41) is 6.34. The first-order valence-electron chi connectivity index (χ1n) is 7.64. The van der Waals surface area contributed by atoms with Crippen LogP contribution in [0.25, 0.3) is 0 Å². The predicted octanol–water partition coefficient (Wildman–Crippen LogP) is 3.81. The second-order valence-corrected chi connectivity index (χ2v) is 6.53. The number of anilines is 2. The third-order valence-electron chi connectivity index (χ3n) is 3.45.